The van der Waals surface area contributed by atoms with Crippen LogP contribution in [0.15, 0.2) is 48.5 Å². The Kier molecular flexibility index (Phi) is 3.42. The van der Waals surface area contributed by atoms with Crippen molar-refractivity contribution in [3.8, 4) is 17.1 Å². The minimum Gasteiger partial charge on any atom is -0.264 e. The highest BCUT2D eigenvalue weighted by molar-refractivity contribution is 6.33. The lowest BCUT2D eigenvalue weighted by molar-refractivity contribution is 0.626. The molecule has 0 unspecified atom stereocenters. The molecule has 3 nitrogen and oxygen atoms in total. The van der Waals surface area contributed by atoms with E-state index in [1.165, 1.54) is 22.8 Å². The monoisotopic (exact) mass is 307 g/mol. The molecule has 3 rings (SSSR count). The van der Waals surface area contributed by atoms with Crippen LogP contribution < -0.4 is 0 Å². The number of rotatable bonds is 2. The molecule has 0 spiro atoms. The van der Waals surface area contributed by atoms with Gasteiger partial charge in [-0.25, -0.2) is 4.39 Å². The molecule has 0 N–H and O–H groups in total. The van der Waals surface area contributed by atoms with Crippen molar-refractivity contribution in [1.29, 1.82) is 0 Å². The van der Waals surface area contributed by atoms with Crippen LogP contribution in [0.2, 0.25) is 10.3 Å². The molecule has 0 aliphatic carbocycles. The molecule has 0 aliphatic heterocycles. The first-order chi connectivity index (χ1) is 9.66. The van der Waals surface area contributed by atoms with Gasteiger partial charge in [0, 0.05) is 5.56 Å². The molecule has 0 bridgehead atoms. The van der Waals surface area contributed by atoms with Crippen molar-refractivity contribution in [3.63, 3.8) is 0 Å². The second-order valence-corrected chi connectivity index (χ2v) is 4.84. The van der Waals surface area contributed by atoms with Gasteiger partial charge >= 0.3 is 0 Å². The third-order valence-electron chi connectivity index (χ3n) is 2.80. The molecule has 6 heteroatoms. The average molecular weight is 308 g/mol. The number of halogens is 3. The molecule has 0 saturated carbocycles. The van der Waals surface area contributed by atoms with Crippen molar-refractivity contribution in [2.45, 2.75) is 0 Å². The van der Waals surface area contributed by atoms with Gasteiger partial charge in [0.25, 0.3) is 0 Å². The summed E-state index contributed by atoms with van der Waals surface area (Å²) in [6.45, 7) is 0. The standard InChI is InChI=1S/C14H8Cl2FN3/c15-11-7-6-10(17)8-12(11)20-13(18-19-14(20)16)9-4-2-1-3-5-9/h1-8H. The summed E-state index contributed by atoms with van der Waals surface area (Å²) in [7, 11) is 0. The van der Waals surface area contributed by atoms with Crippen molar-refractivity contribution in [2.75, 3.05) is 0 Å². The molecular weight excluding hydrogens is 300 g/mol. The zero-order valence-electron chi connectivity index (χ0n) is 10.1. The highest BCUT2D eigenvalue weighted by Crippen LogP contribution is 2.29. The fraction of sp³-hybridized carbons (Fsp3) is 0. The SMILES string of the molecule is Fc1ccc(Cl)c(-n2c(Cl)nnc2-c2ccccc2)c1. The molecule has 1 aromatic heterocycles. The van der Waals surface area contributed by atoms with Crippen LogP contribution in [0.1, 0.15) is 0 Å². The van der Waals surface area contributed by atoms with Crippen molar-refractivity contribution in [3.05, 3.63) is 64.7 Å². The minimum atomic E-state index is -0.409. The van der Waals surface area contributed by atoms with Crippen LogP contribution in [-0.4, -0.2) is 14.8 Å². The topological polar surface area (TPSA) is 30.7 Å². The van der Waals surface area contributed by atoms with E-state index in [0.717, 1.165) is 5.56 Å². The van der Waals surface area contributed by atoms with Gasteiger partial charge in [-0.15, -0.1) is 10.2 Å². The third-order valence-corrected chi connectivity index (χ3v) is 3.37. The first-order valence-electron chi connectivity index (χ1n) is 5.78. The summed E-state index contributed by atoms with van der Waals surface area (Å²) in [4.78, 5) is 0. The number of aromatic nitrogens is 3. The van der Waals surface area contributed by atoms with Gasteiger partial charge < -0.3 is 0 Å². The van der Waals surface area contributed by atoms with Crippen molar-refractivity contribution in [1.82, 2.24) is 14.8 Å². The Bertz CT molecular complexity index is 756. The average Bonchev–Trinajstić information content (AvgIpc) is 2.84. The molecule has 100 valence electrons. The lowest BCUT2D eigenvalue weighted by atomic mass is 10.2. The van der Waals surface area contributed by atoms with E-state index in [-0.39, 0.29) is 5.28 Å². The molecule has 3 aromatic rings. The van der Waals surface area contributed by atoms with Gasteiger partial charge in [0.2, 0.25) is 5.28 Å². The summed E-state index contributed by atoms with van der Waals surface area (Å²) in [5, 5.41) is 8.36. The van der Waals surface area contributed by atoms with Crippen molar-refractivity contribution >= 4 is 23.2 Å². The summed E-state index contributed by atoms with van der Waals surface area (Å²) >= 11 is 12.2. The quantitative estimate of drug-likeness (QED) is 0.703. The summed E-state index contributed by atoms with van der Waals surface area (Å²) in [6, 6.07) is 13.4. The predicted molar refractivity (Wildman–Crippen MR) is 76.8 cm³/mol. The summed E-state index contributed by atoms with van der Waals surface area (Å²) in [5.74, 6) is 0.0938. The molecular formula is C14H8Cl2FN3. The van der Waals surface area contributed by atoms with Crippen LogP contribution in [0.3, 0.4) is 0 Å². The maximum Gasteiger partial charge on any atom is 0.229 e. The van der Waals surface area contributed by atoms with Crippen LogP contribution in [0, 0.1) is 5.82 Å². The van der Waals surface area contributed by atoms with E-state index in [1.54, 1.807) is 0 Å². The number of hydrogen-bond donors (Lipinski definition) is 0. The predicted octanol–water partition coefficient (Wildman–Crippen LogP) is 4.38. The summed E-state index contributed by atoms with van der Waals surface area (Å²) < 4.78 is 15.0. The maximum atomic E-state index is 13.4. The smallest absolute Gasteiger partial charge is 0.229 e. The lowest BCUT2D eigenvalue weighted by Crippen LogP contribution is -1.99. The van der Waals surface area contributed by atoms with E-state index in [1.807, 2.05) is 30.3 Å². The molecule has 0 aliphatic rings. The molecule has 2 aromatic carbocycles. The molecule has 0 radical (unpaired) electrons. The fourth-order valence-electron chi connectivity index (χ4n) is 1.91. The van der Waals surface area contributed by atoms with E-state index in [0.29, 0.717) is 16.5 Å². The van der Waals surface area contributed by atoms with Crippen molar-refractivity contribution < 1.29 is 4.39 Å². The van der Waals surface area contributed by atoms with E-state index in [4.69, 9.17) is 23.2 Å². The number of nitrogens with zero attached hydrogens (tertiary/aromatic N) is 3. The normalized spacial score (nSPS) is 10.8. The van der Waals surface area contributed by atoms with Gasteiger partial charge in [-0.3, -0.25) is 4.57 Å². The second-order valence-electron chi connectivity index (χ2n) is 4.09. The van der Waals surface area contributed by atoms with Gasteiger partial charge in [0.1, 0.15) is 5.82 Å². The van der Waals surface area contributed by atoms with Crippen LogP contribution >= 0.6 is 23.2 Å². The molecule has 0 amide bonds. The van der Waals surface area contributed by atoms with Gasteiger partial charge in [0.15, 0.2) is 5.82 Å². The first kappa shape index (κ1) is 13.1. The van der Waals surface area contributed by atoms with E-state index < -0.39 is 5.82 Å². The summed E-state index contributed by atoms with van der Waals surface area (Å²) in [5.41, 5.74) is 1.22. The van der Waals surface area contributed by atoms with Crippen LogP contribution in [0.25, 0.3) is 17.1 Å². The Hall–Kier alpha value is -1.91. The Morgan fingerprint density at radius 1 is 0.950 bits per heavy atom. The molecule has 0 fully saturated rings. The fourth-order valence-corrected chi connectivity index (χ4v) is 2.32. The van der Waals surface area contributed by atoms with Gasteiger partial charge in [-0.2, -0.15) is 0 Å². The number of benzene rings is 2. The molecule has 20 heavy (non-hydrogen) atoms. The first-order valence-corrected chi connectivity index (χ1v) is 6.54. The van der Waals surface area contributed by atoms with Crippen LogP contribution in [-0.2, 0) is 0 Å². The zero-order chi connectivity index (χ0) is 14.1. The van der Waals surface area contributed by atoms with Crippen LogP contribution in [0.5, 0.6) is 0 Å². The highest BCUT2D eigenvalue weighted by atomic mass is 35.5. The van der Waals surface area contributed by atoms with Gasteiger partial charge in [-0.05, 0) is 29.8 Å². The van der Waals surface area contributed by atoms with E-state index in [2.05, 4.69) is 10.2 Å². The highest BCUT2D eigenvalue weighted by Gasteiger charge is 2.16. The van der Waals surface area contributed by atoms with Gasteiger partial charge in [-0.1, -0.05) is 41.9 Å². The van der Waals surface area contributed by atoms with Gasteiger partial charge in [0.05, 0.1) is 10.7 Å². The number of hydrogen-bond acceptors (Lipinski definition) is 2. The Morgan fingerprint density at radius 3 is 2.45 bits per heavy atom. The maximum absolute atomic E-state index is 13.4. The van der Waals surface area contributed by atoms with Crippen molar-refractivity contribution in [2.24, 2.45) is 0 Å². The molecule has 1 heterocycles. The Balaban J connectivity index is 2.24. The zero-order valence-corrected chi connectivity index (χ0v) is 11.6. The lowest BCUT2D eigenvalue weighted by Gasteiger charge is -2.09. The van der Waals surface area contributed by atoms with E-state index >= 15 is 0 Å². The molecule has 0 atom stereocenters. The Labute approximate surface area is 124 Å². The molecule has 0 saturated heterocycles. The van der Waals surface area contributed by atoms with E-state index in [9.17, 15) is 4.39 Å². The largest absolute Gasteiger partial charge is 0.264 e. The Morgan fingerprint density at radius 2 is 1.70 bits per heavy atom. The second kappa shape index (κ2) is 5.23. The summed E-state index contributed by atoms with van der Waals surface area (Å²) in [6.07, 6.45) is 0. The minimum absolute atomic E-state index is 0.122. The third kappa shape index (κ3) is 2.28. The van der Waals surface area contributed by atoms with Crippen LogP contribution in [0.4, 0.5) is 4.39 Å².